The first kappa shape index (κ1) is 13.8. The summed E-state index contributed by atoms with van der Waals surface area (Å²) in [6.45, 7) is 0. The number of rotatable bonds is 4. The van der Waals surface area contributed by atoms with Crippen LogP contribution in [0.1, 0.15) is 16.8 Å². The molecule has 1 aliphatic carbocycles. The number of nitrogens with zero attached hydrogens (tertiary/aromatic N) is 1. The van der Waals surface area contributed by atoms with Crippen molar-refractivity contribution in [2.75, 3.05) is 0 Å². The van der Waals surface area contributed by atoms with E-state index in [4.69, 9.17) is 5.11 Å². The molecule has 0 spiro atoms. The highest BCUT2D eigenvalue weighted by Gasteiger charge is 2.48. The largest absolute Gasteiger partial charge is 0.481 e. The monoisotopic (exact) mass is 253 g/mol. The molecule has 96 valence electrons. The summed E-state index contributed by atoms with van der Waals surface area (Å²) in [6, 6.07) is 5.36. The molecule has 0 saturated heterocycles. The van der Waals surface area contributed by atoms with Crippen molar-refractivity contribution in [2.24, 2.45) is 11.8 Å². The predicted molar refractivity (Wildman–Crippen MR) is 60.3 cm³/mol. The zero-order valence-electron chi connectivity index (χ0n) is 9.20. The predicted octanol–water partition coefficient (Wildman–Crippen LogP) is 0.673. The maximum absolute atomic E-state index is 11.8. The average Bonchev–Trinajstić information content (AvgIpc) is 3.08. The highest BCUT2D eigenvalue weighted by atomic mass is 16.6. The smallest absolute Gasteiger partial charge is 0.307 e. The van der Waals surface area contributed by atoms with Crippen molar-refractivity contribution < 1.29 is 25.1 Å². The molecule has 0 bridgehead atoms. The van der Waals surface area contributed by atoms with Gasteiger partial charge in [0.1, 0.15) is 0 Å². The van der Waals surface area contributed by atoms with E-state index in [1.807, 2.05) is 0 Å². The summed E-state index contributed by atoms with van der Waals surface area (Å²) in [5.74, 6) is -2.49. The fourth-order valence-corrected chi connectivity index (χ4v) is 1.74. The van der Waals surface area contributed by atoms with Crippen LogP contribution in [0, 0.1) is 22.0 Å². The quantitative estimate of drug-likeness (QED) is 0.479. The summed E-state index contributed by atoms with van der Waals surface area (Å²) in [6.07, 6.45) is 0.316. The molecule has 2 atom stereocenters. The number of aliphatic carboxylic acids is 1. The fourth-order valence-electron chi connectivity index (χ4n) is 1.74. The number of carboxylic acid groups (broad SMARTS) is 1. The highest BCUT2D eigenvalue weighted by molar-refractivity contribution is 6.03. The van der Waals surface area contributed by atoms with Crippen LogP contribution in [0.25, 0.3) is 0 Å². The normalized spacial score (nSPS) is 20.7. The third-order valence-electron chi connectivity index (χ3n) is 2.79. The molecule has 1 aromatic carbocycles. The number of Topliss-reactive ketones (excluding diaryl/α,β-unsaturated/α-hetero) is 1. The minimum absolute atomic E-state index is 0. The lowest BCUT2D eigenvalue weighted by Gasteiger charge is -1.99. The standard InChI is InChI=1S/C11H9NO5.H2O/c13-10(8-5-9(8)11(14)15)6-2-1-3-7(4-6)12(16)17;/h1-4,8-9H,5H2,(H,14,15);1H2. The first-order valence-electron chi connectivity index (χ1n) is 5.02. The topological polar surface area (TPSA) is 129 Å². The Balaban J connectivity index is 0.00000162. The molecule has 2 unspecified atom stereocenters. The lowest BCUT2D eigenvalue weighted by atomic mass is 10.1. The van der Waals surface area contributed by atoms with Crippen LogP contribution in [0.3, 0.4) is 0 Å². The number of carbonyl (C=O) groups is 2. The molecule has 0 aromatic heterocycles. The molecule has 1 aromatic rings. The van der Waals surface area contributed by atoms with Gasteiger partial charge in [-0.05, 0) is 6.42 Å². The summed E-state index contributed by atoms with van der Waals surface area (Å²) >= 11 is 0. The molecule has 0 amide bonds. The Morgan fingerprint density at radius 2 is 2.00 bits per heavy atom. The summed E-state index contributed by atoms with van der Waals surface area (Å²) in [4.78, 5) is 32.4. The van der Waals surface area contributed by atoms with Crippen LogP contribution in [-0.4, -0.2) is 27.3 Å². The van der Waals surface area contributed by atoms with Gasteiger partial charge < -0.3 is 10.6 Å². The first-order chi connectivity index (χ1) is 8.00. The number of carboxylic acids is 1. The van der Waals surface area contributed by atoms with Crippen LogP contribution in [0.15, 0.2) is 24.3 Å². The van der Waals surface area contributed by atoms with E-state index in [1.54, 1.807) is 0 Å². The van der Waals surface area contributed by atoms with E-state index >= 15 is 0 Å². The van der Waals surface area contributed by atoms with Crippen LogP contribution >= 0.6 is 0 Å². The van der Waals surface area contributed by atoms with Gasteiger partial charge in [-0.2, -0.15) is 0 Å². The molecule has 0 aliphatic heterocycles. The molecule has 1 fully saturated rings. The molecule has 7 nitrogen and oxygen atoms in total. The van der Waals surface area contributed by atoms with Crippen molar-refractivity contribution in [3.05, 3.63) is 39.9 Å². The Hall–Kier alpha value is -2.28. The van der Waals surface area contributed by atoms with Gasteiger partial charge in [-0.1, -0.05) is 12.1 Å². The van der Waals surface area contributed by atoms with Gasteiger partial charge in [0, 0.05) is 23.6 Å². The Labute approximate surface area is 102 Å². The minimum atomic E-state index is -0.992. The second-order valence-corrected chi connectivity index (χ2v) is 3.96. The molecule has 2 rings (SSSR count). The molecule has 0 radical (unpaired) electrons. The van der Waals surface area contributed by atoms with Crippen LogP contribution in [-0.2, 0) is 4.79 Å². The van der Waals surface area contributed by atoms with Crippen LogP contribution in [0.4, 0.5) is 5.69 Å². The van der Waals surface area contributed by atoms with E-state index in [-0.39, 0.29) is 22.5 Å². The Kier molecular flexibility index (Phi) is 3.77. The van der Waals surface area contributed by atoms with Gasteiger partial charge in [0.25, 0.3) is 5.69 Å². The average molecular weight is 253 g/mol. The summed E-state index contributed by atoms with van der Waals surface area (Å²) in [7, 11) is 0. The molecule has 1 saturated carbocycles. The number of non-ortho nitro benzene ring substituents is 1. The SMILES string of the molecule is O.O=C(O)C1CC1C(=O)c1cccc([N+](=O)[O-])c1. The molecule has 0 heterocycles. The van der Waals surface area contributed by atoms with Gasteiger partial charge in [-0.15, -0.1) is 0 Å². The zero-order valence-corrected chi connectivity index (χ0v) is 9.20. The van der Waals surface area contributed by atoms with Crippen LogP contribution in [0.2, 0.25) is 0 Å². The summed E-state index contributed by atoms with van der Waals surface area (Å²) in [5, 5.41) is 19.2. The third-order valence-corrected chi connectivity index (χ3v) is 2.79. The Bertz CT molecular complexity index is 512. The number of ketones is 1. The Morgan fingerprint density at radius 3 is 2.50 bits per heavy atom. The fraction of sp³-hybridized carbons (Fsp3) is 0.273. The number of hydrogen-bond acceptors (Lipinski definition) is 4. The lowest BCUT2D eigenvalue weighted by Crippen LogP contribution is -2.08. The van der Waals surface area contributed by atoms with Gasteiger partial charge in [0.2, 0.25) is 0 Å². The van der Waals surface area contributed by atoms with Gasteiger partial charge in [-0.25, -0.2) is 0 Å². The summed E-state index contributed by atoms with van der Waals surface area (Å²) < 4.78 is 0. The number of nitro benzene ring substituents is 1. The van der Waals surface area contributed by atoms with Gasteiger partial charge in [0.05, 0.1) is 10.8 Å². The second-order valence-electron chi connectivity index (χ2n) is 3.96. The van der Waals surface area contributed by atoms with Crippen LogP contribution < -0.4 is 0 Å². The molecule has 7 heteroatoms. The highest BCUT2D eigenvalue weighted by Crippen LogP contribution is 2.41. The van der Waals surface area contributed by atoms with Crippen molar-refractivity contribution in [1.82, 2.24) is 0 Å². The van der Waals surface area contributed by atoms with Gasteiger partial charge in [-0.3, -0.25) is 19.7 Å². The van der Waals surface area contributed by atoms with Crippen molar-refractivity contribution in [1.29, 1.82) is 0 Å². The number of nitro groups is 1. The van der Waals surface area contributed by atoms with E-state index in [1.165, 1.54) is 24.3 Å². The lowest BCUT2D eigenvalue weighted by molar-refractivity contribution is -0.384. The van der Waals surface area contributed by atoms with Gasteiger partial charge >= 0.3 is 5.97 Å². The molecule has 1 aliphatic rings. The van der Waals surface area contributed by atoms with Crippen molar-refractivity contribution in [2.45, 2.75) is 6.42 Å². The molecule has 3 N–H and O–H groups in total. The maximum atomic E-state index is 11.8. The second kappa shape index (κ2) is 4.92. The number of hydrogen-bond donors (Lipinski definition) is 1. The summed E-state index contributed by atoms with van der Waals surface area (Å²) in [5.41, 5.74) is 0.0383. The number of benzene rings is 1. The van der Waals surface area contributed by atoms with Crippen molar-refractivity contribution >= 4 is 17.4 Å². The van der Waals surface area contributed by atoms with E-state index in [0.717, 1.165) is 0 Å². The van der Waals surface area contributed by atoms with Gasteiger partial charge in [0.15, 0.2) is 5.78 Å². The van der Waals surface area contributed by atoms with Crippen molar-refractivity contribution in [3.63, 3.8) is 0 Å². The molecular formula is C11H11NO6. The third kappa shape index (κ3) is 2.51. The molecule has 18 heavy (non-hydrogen) atoms. The number of carbonyl (C=O) groups excluding carboxylic acids is 1. The minimum Gasteiger partial charge on any atom is -0.481 e. The van der Waals surface area contributed by atoms with E-state index in [0.29, 0.717) is 6.42 Å². The van der Waals surface area contributed by atoms with E-state index in [2.05, 4.69) is 0 Å². The van der Waals surface area contributed by atoms with Crippen molar-refractivity contribution in [3.8, 4) is 0 Å². The zero-order chi connectivity index (χ0) is 12.6. The van der Waals surface area contributed by atoms with E-state index < -0.39 is 22.7 Å². The van der Waals surface area contributed by atoms with E-state index in [9.17, 15) is 19.7 Å². The Morgan fingerprint density at radius 1 is 1.33 bits per heavy atom. The van der Waals surface area contributed by atoms with Crippen LogP contribution in [0.5, 0.6) is 0 Å². The molecular weight excluding hydrogens is 242 g/mol. The maximum Gasteiger partial charge on any atom is 0.307 e. The first-order valence-corrected chi connectivity index (χ1v) is 5.02.